The maximum Gasteiger partial charge on any atom is 0.162 e. The van der Waals surface area contributed by atoms with Gasteiger partial charge in [0.1, 0.15) is 5.82 Å². The summed E-state index contributed by atoms with van der Waals surface area (Å²) in [6, 6.07) is 4.35. The monoisotopic (exact) mass is 278 g/mol. The van der Waals surface area contributed by atoms with Gasteiger partial charge in [-0.1, -0.05) is 24.9 Å². The number of likely N-dealkylation sites (tertiary alicyclic amines) is 1. The quantitative estimate of drug-likeness (QED) is 0.866. The van der Waals surface area contributed by atoms with Crippen LogP contribution >= 0.6 is 11.6 Å². The second-order valence-corrected chi connectivity index (χ2v) is 5.61. The molecule has 0 aliphatic carbocycles. The van der Waals surface area contributed by atoms with Gasteiger partial charge in [0.25, 0.3) is 0 Å². The smallest absolute Gasteiger partial charge is 0.162 e. The predicted octanol–water partition coefficient (Wildman–Crippen LogP) is 2.80. The number of hydrogen-bond acceptors (Lipinski definition) is 3. The Morgan fingerprint density at radius 3 is 3.11 bits per heavy atom. The molecule has 102 valence electrons. The minimum Gasteiger partial charge on any atom is -0.300 e. The highest BCUT2D eigenvalue weighted by molar-refractivity contribution is 6.30. The third kappa shape index (κ3) is 2.60. The van der Waals surface area contributed by atoms with Crippen LogP contribution in [0.25, 0.3) is 5.65 Å². The van der Waals surface area contributed by atoms with Crippen molar-refractivity contribution in [3.63, 3.8) is 0 Å². The molecule has 0 bridgehead atoms. The Bertz CT molecular complexity index is 566. The van der Waals surface area contributed by atoms with E-state index in [-0.39, 0.29) is 0 Å². The van der Waals surface area contributed by atoms with E-state index in [2.05, 4.69) is 22.0 Å². The van der Waals surface area contributed by atoms with Crippen molar-refractivity contribution in [1.29, 1.82) is 0 Å². The van der Waals surface area contributed by atoms with Gasteiger partial charge >= 0.3 is 0 Å². The molecule has 0 N–H and O–H groups in total. The van der Waals surface area contributed by atoms with Crippen LogP contribution in [0.3, 0.4) is 0 Å². The topological polar surface area (TPSA) is 33.4 Å². The Balaban J connectivity index is 1.84. The number of likely N-dealkylation sites (N-methyl/N-ethyl adjacent to an activating group) is 1. The Morgan fingerprint density at radius 2 is 2.26 bits per heavy atom. The summed E-state index contributed by atoms with van der Waals surface area (Å²) < 4.78 is 2.05. The average molecular weight is 279 g/mol. The van der Waals surface area contributed by atoms with E-state index in [0.717, 1.165) is 24.4 Å². The predicted molar refractivity (Wildman–Crippen MR) is 76.6 cm³/mol. The molecular formula is C14H19ClN4. The SMILES string of the molecule is CCN1CCCCC1Cc1nnc2cc(Cl)ccn12. The molecule has 1 atom stereocenters. The molecule has 1 aliphatic heterocycles. The van der Waals surface area contributed by atoms with Crippen LogP contribution in [0.4, 0.5) is 0 Å². The van der Waals surface area contributed by atoms with E-state index in [0.29, 0.717) is 11.1 Å². The first-order chi connectivity index (χ1) is 9.28. The molecule has 3 rings (SSSR count). The lowest BCUT2D eigenvalue weighted by Gasteiger charge is -2.34. The summed E-state index contributed by atoms with van der Waals surface area (Å²) in [7, 11) is 0. The van der Waals surface area contributed by atoms with Crippen molar-refractivity contribution in [1.82, 2.24) is 19.5 Å². The summed E-state index contributed by atoms with van der Waals surface area (Å²) in [5.74, 6) is 1.04. The summed E-state index contributed by atoms with van der Waals surface area (Å²) in [4.78, 5) is 2.56. The van der Waals surface area contributed by atoms with E-state index >= 15 is 0 Å². The minimum atomic E-state index is 0.599. The molecule has 1 saturated heterocycles. The number of rotatable bonds is 3. The lowest BCUT2D eigenvalue weighted by Crippen LogP contribution is -2.40. The van der Waals surface area contributed by atoms with Crippen molar-refractivity contribution >= 4 is 17.2 Å². The van der Waals surface area contributed by atoms with Crippen LogP contribution in [0.1, 0.15) is 32.0 Å². The van der Waals surface area contributed by atoms with Crippen molar-refractivity contribution < 1.29 is 0 Å². The Hall–Kier alpha value is -1.13. The fourth-order valence-corrected chi connectivity index (χ4v) is 3.13. The number of pyridine rings is 1. The highest BCUT2D eigenvalue weighted by Gasteiger charge is 2.23. The van der Waals surface area contributed by atoms with Gasteiger partial charge in [-0.2, -0.15) is 0 Å². The minimum absolute atomic E-state index is 0.599. The lowest BCUT2D eigenvalue weighted by atomic mass is 9.99. The third-order valence-electron chi connectivity index (χ3n) is 4.02. The van der Waals surface area contributed by atoms with E-state index in [4.69, 9.17) is 11.6 Å². The molecule has 2 aromatic heterocycles. The zero-order chi connectivity index (χ0) is 13.2. The van der Waals surface area contributed by atoms with Crippen molar-refractivity contribution in [2.24, 2.45) is 0 Å². The van der Waals surface area contributed by atoms with Crippen molar-refractivity contribution in [2.45, 2.75) is 38.6 Å². The number of nitrogens with zero attached hydrogens (tertiary/aromatic N) is 4. The zero-order valence-corrected chi connectivity index (χ0v) is 12.0. The molecule has 2 aromatic rings. The van der Waals surface area contributed by atoms with Crippen LogP contribution in [-0.2, 0) is 6.42 Å². The highest BCUT2D eigenvalue weighted by atomic mass is 35.5. The lowest BCUT2D eigenvalue weighted by molar-refractivity contribution is 0.153. The fraction of sp³-hybridized carbons (Fsp3) is 0.571. The van der Waals surface area contributed by atoms with Gasteiger partial charge in [0.2, 0.25) is 0 Å². The van der Waals surface area contributed by atoms with Crippen LogP contribution in [-0.4, -0.2) is 38.6 Å². The van der Waals surface area contributed by atoms with Gasteiger partial charge in [0, 0.05) is 29.7 Å². The van der Waals surface area contributed by atoms with Gasteiger partial charge in [-0.3, -0.25) is 4.40 Å². The third-order valence-corrected chi connectivity index (χ3v) is 4.25. The standard InChI is InChI=1S/C14H19ClN4/c1-2-18-7-4-3-5-12(18)10-14-17-16-13-9-11(15)6-8-19(13)14/h6,8-9,12H,2-5,7,10H2,1H3. The van der Waals surface area contributed by atoms with Gasteiger partial charge in [0.05, 0.1) is 0 Å². The molecule has 5 heteroatoms. The molecule has 0 spiro atoms. The molecule has 0 radical (unpaired) electrons. The van der Waals surface area contributed by atoms with Crippen LogP contribution in [0, 0.1) is 0 Å². The summed E-state index contributed by atoms with van der Waals surface area (Å²) in [6.45, 7) is 4.57. The largest absolute Gasteiger partial charge is 0.300 e. The molecule has 1 unspecified atom stereocenters. The first-order valence-corrected chi connectivity index (χ1v) is 7.39. The molecule has 1 aliphatic rings. The Kier molecular flexibility index (Phi) is 3.71. The van der Waals surface area contributed by atoms with E-state index < -0.39 is 0 Å². The Morgan fingerprint density at radius 1 is 1.37 bits per heavy atom. The van der Waals surface area contributed by atoms with Crippen molar-refractivity contribution in [2.75, 3.05) is 13.1 Å². The fourth-order valence-electron chi connectivity index (χ4n) is 2.97. The average Bonchev–Trinajstić information content (AvgIpc) is 2.82. The van der Waals surface area contributed by atoms with Crippen molar-refractivity contribution in [3.05, 3.63) is 29.2 Å². The first kappa shape index (κ1) is 12.9. The summed E-state index contributed by atoms with van der Waals surface area (Å²) in [5.41, 5.74) is 0.835. The molecule has 19 heavy (non-hydrogen) atoms. The van der Waals surface area contributed by atoms with E-state index in [1.165, 1.54) is 25.8 Å². The molecule has 1 fully saturated rings. The van der Waals surface area contributed by atoms with Crippen LogP contribution < -0.4 is 0 Å². The number of piperidine rings is 1. The highest BCUT2D eigenvalue weighted by Crippen LogP contribution is 2.20. The van der Waals surface area contributed by atoms with Gasteiger partial charge in [-0.15, -0.1) is 10.2 Å². The molecular weight excluding hydrogens is 260 g/mol. The molecule has 0 saturated carbocycles. The summed E-state index contributed by atoms with van der Waals surface area (Å²) in [6.07, 6.45) is 6.84. The van der Waals surface area contributed by atoms with Gasteiger partial charge in [0.15, 0.2) is 5.65 Å². The molecule has 0 aromatic carbocycles. The second-order valence-electron chi connectivity index (χ2n) is 5.17. The summed E-state index contributed by atoms with van der Waals surface area (Å²) >= 11 is 5.98. The van der Waals surface area contributed by atoms with Gasteiger partial charge in [-0.05, 0) is 32.0 Å². The molecule has 3 heterocycles. The van der Waals surface area contributed by atoms with E-state index in [9.17, 15) is 0 Å². The van der Waals surface area contributed by atoms with Crippen molar-refractivity contribution in [3.8, 4) is 0 Å². The maximum atomic E-state index is 5.98. The van der Waals surface area contributed by atoms with Crippen LogP contribution in [0.15, 0.2) is 18.3 Å². The number of fused-ring (bicyclic) bond motifs is 1. The zero-order valence-electron chi connectivity index (χ0n) is 11.2. The van der Waals surface area contributed by atoms with Gasteiger partial charge in [-0.25, -0.2) is 0 Å². The van der Waals surface area contributed by atoms with Crippen LogP contribution in [0.2, 0.25) is 5.02 Å². The maximum absolute atomic E-state index is 5.98. The Labute approximate surface area is 118 Å². The van der Waals surface area contributed by atoms with E-state index in [1.807, 2.05) is 22.7 Å². The number of aromatic nitrogens is 3. The number of halogens is 1. The van der Waals surface area contributed by atoms with E-state index in [1.54, 1.807) is 0 Å². The van der Waals surface area contributed by atoms with Crippen LogP contribution in [0.5, 0.6) is 0 Å². The summed E-state index contributed by atoms with van der Waals surface area (Å²) in [5, 5.41) is 9.24. The first-order valence-electron chi connectivity index (χ1n) is 7.01. The molecule has 0 amide bonds. The second kappa shape index (κ2) is 5.47. The van der Waals surface area contributed by atoms with Gasteiger partial charge < -0.3 is 4.90 Å². The number of hydrogen-bond donors (Lipinski definition) is 0. The normalized spacial score (nSPS) is 21.1. The molecule has 4 nitrogen and oxygen atoms in total.